The highest BCUT2D eigenvalue weighted by atomic mass is 16.1. The average molecular weight is 297 g/mol. The summed E-state index contributed by atoms with van der Waals surface area (Å²) in [6.45, 7) is 1.38. The third-order valence-corrected chi connectivity index (χ3v) is 3.06. The maximum atomic E-state index is 11.9. The van der Waals surface area contributed by atoms with Gasteiger partial charge in [0.2, 0.25) is 0 Å². The predicted molar refractivity (Wildman–Crippen MR) is 78.3 cm³/mol. The number of hydrogen-bond acceptors (Lipinski definition) is 5. The molecular formula is C14H15N7O. The van der Waals surface area contributed by atoms with Crippen molar-refractivity contribution in [1.29, 1.82) is 0 Å². The van der Waals surface area contributed by atoms with Gasteiger partial charge in [-0.25, -0.2) is 9.67 Å². The third kappa shape index (κ3) is 3.35. The molecule has 0 saturated carbocycles. The summed E-state index contributed by atoms with van der Waals surface area (Å²) in [5.74, 6) is 0.340. The lowest BCUT2D eigenvalue weighted by atomic mass is 10.3. The Bertz CT molecular complexity index is 704. The van der Waals surface area contributed by atoms with Gasteiger partial charge in [0.25, 0.3) is 5.91 Å². The molecule has 0 bridgehead atoms. The second kappa shape index (κ2) is 6.61. The van der Waals surface area contributed by atoms with Crippen molar-refractivity contribution < 1.29 is 4.79 Å². The number of rotatable bonds is 6. The van der Waals surface area contributed by atoms with Crippen LogP contribution in [0.4, 0.5) is 0 Å². The van der Waals surface area contributed by atoms with Crippen molar-refractivity contribution in [3.63, 3.8) is 0 Å². The molecule has 3 rings (SSSR count). The van der Waals surface area contributed by atoms with Gasteiger partial charge < -0.3 is 9.88 Å². The molecule has 0 saturated heterocycles. The smallest absolute Gasteiger partial charge is 0.271 e. The first-order valence-corrected chi connectivity index (χ1v) is 6.90. The van der Waals surface area contributed by atoms with E-state index in [1.54, 1.807) is 47.8 Å². The highest BCUT2D eigenvalue weighted by molar-refractivity contribution is 5.92. The summed E-state index contributed by atoms with van der Waals surface area (Å²) in [7, 11) is 0. The fourth-order valence-electron chi connectivity index (χ4n) is 1.95. The molecule has 0 aliphatic rings. The molecule has 0 radical (unpaired) electrons. The Kier molecular flexibility index (Phi) is 4.19. The topological polar surface area (TPSA) is 90.5 Å². The van der Waals surface area contributed by atoms with Gasteiger partial charge in [0.15, 0.2) is 11.5 Å². The molecule has 0 unspecified atom stereocenters. The minimum atomic E-state index is -0.231. The number of hydrogen-bond donors (Lipinski definition) is 1. The quantitative estimate of drug-likeness (QED) is 0.676. The van der Waals surface area contributed by atoms with Crippen molar-refractivity contribution in [3.05, 3.63) is 55.0 Å². The summed E-state index contributed by atoms with van der Waals surface area (Å²) in [4.78, 5) is 15.9. The van der Waals surface area contributed by atoms with Gasteiger partial charge in [0.1, 0.15) is 0 Å². The van der Waals surface area contributed by atoms with Crippen LogP contribution in [0.25, 0.3) is 5.82 Å². The highest BCUT2D eigenvalue weighted by Gasteiger charge is 2.08. The van der Waals surface area contributed by atoms with E-state index in [0.717, 1.165) is 13.0 Å². The van der Waals surface area contributed by atoms with Gasteiger partial charge in [-0.3, -0.25) is 4.79 Å². The van der Waals surface area contributed by atoms with Crippen molar-refractivity contribution >= 4 is 5.91 Å². The van der Waals surface area contributed by atoms with Gasteiger partial charge in [-0.15, -0.1) is 10.2 Å². The molecule has 3 aromatic rings. The number of imidazole rings is 1. The first-order chi connectivity index (χ1) is 10.8. The molecule has 8 nitrogen and oxygen atoms in total. The van der Waals surface area contributed by atoms with Gasteiger partial charge in [-0.05, 0) is 24.6 Å². The van der Waals surface area contributed by atoms with Crippen LogP contribution in [0.2, 0.25) is 0 Å². The maximum Gasteiger partial charge on any atom is 0.271 e. The van der Waals surface area contributed by atoms with Crippen molar-refractivity contribution in [2.45, 2.75) is 13.0 Å². The van der Waals surface area contributed by atoms with Crippen LogP contribution < -0.4 is 5.32 Å². The fraction of sp³-hybridized carbons (Fsp3) is 0.214. The Morgan fingerprint density at radius 2 is 2.14 bits per heavy atom. The summed E-state index contributed by atoms with van der Waals surface area (Å²) in [6.07, 6.45) is 9.61. The van der Waals surface area contributed by atoms with Gasteiger partial charge in [-0.1, -0.05) is 0 Å². The zero-order valence-electron chi connectivity index (χ0n) is 11.8. The van der Waals surface area contributed by atoms with Crippen LogP contribution in [0.5, 0.6) is 0 Å². The van der Waals surface area contributed by atoms with Gasteiger partial charge in [0.05, 0.1) is 6.33 Å². The lowest BCUT2D eigenvalue weighted by Crippen LogP contribution is -2.26. The number of amides is 1. The van der Waals surface area contributed by atoms with E-state index in [1.165, 1.54) is 0 Å². The van der Waals surface area contributed by atoms with E-state index in [0.29, 0.717) is 18.1 Å². The standard InChI is InChI=1S/C14H15N7O/c22-14(16-5-1-8-20-10-7-15-11-20)12-3-4-13(19-18-12)21-9-2-6-17-21/h2-4,6-7,9-11H,1,5,8H2,(H,16,22). The second-order valence-electron chi connectivity index (χ2n) is 4.64. The Morgan fingerprint density at radius 1 is 1.18 bits per heavy atom. The lowest BCUT2D eigenvalue weighted by molar-refractivity contribution is 0.0946. The van der Waals surface area contributed by atoms with Crippen molar-refractivity contribution in [1.82, 2.24) is 34.8 Å². The molecule has 0 aromatic carbocycles. The van der Waals surface area contributed by atoms with Crippen LogP contribution in [-0.2, 0) is 6.54 Å². The molecular weight excluding hydrogens is 282 g/mol. The van der Waals surface area contributed by atoms with E-state index < -0.39 is 0 Å². The monoisotopic (exact) mass is 297 g/mol. The number of nitrogens with zero attached hydrogens (tertiary/aromatic N) is 6. The Morgan fingerprint density at radius 3 is 2.82 bits per heavy atom. The highest BCUT2D eigenvalue weighted by Crippen LogP contribution is 2.02. The van der Waals surface area contributed by atoms with E-state index in [9.17, 15) is 4.79 Å². The van der Waals surface area contributed by atoms with Crippen molar-refractivity contribution in [3.8, 4) is 5.82 Å². The minimum absolute atomic E-state index is 0.231. The zero-order valence-corrected chi connectivity index (χ0v) is 11.8. The van der Waals surface area contributed by atoms with Gasteiger partial charge in [0, 0.05) is 37.9 Å². The normalized spacial score (nSPS) is 10.5. The van der Waals surface area contributed by atoms with Crippen LogP contribution in [0, 0.1) is 0 Å². The van der Waals surface area contributed by atoms with E-state index >= 15 is 0 Å². The summed E-state index contributed by atoms with van der Waals surface area (Å²) in [6, 6.07) is 5.14. The fourth-order valence-corrected chi connectivity index (χ4v) is 1.95. The molecule has 1 amide bonds. The van der Waals surface area contributed by atoms with E-state index in [4.69, 9.17) is 0 Å². The maximum absolute atomic E-state index is 11.9. The largest absolute Gasteiger partial charge is 0.351 e. The van der Waals surface area contributed by atoms with Crippen LogP contribution in [0.15, 0.2) is 49.3 Å². The van der Waals surface area contributed by atoms with E-state index in [1.807, 2.05) is 10.8 Å². The molecule has 0 spiro atoms. The van der Waals surface area contributed by atoms with Crippen LogP contribution in [0.1, 0.15) is 16.9 Å². The first kappa shape index (κ1) is 13.9. The van der Waals surface area contributed by atoms with Crippen LogP contribution in [-0.4, -0.2) is 42.0 Å². The summed E-state index contributed by atoms with van der Waals surface area (Å²) < 4.78 is 3.55. The summed E-state index contributed by atoms with van der Waals surface area (Å²) >= 11 is 0. The van der Waals surface area contributed by atoms with Gasteiger partial charge in [-0.2, -0.15) is 5.10 Å². The van der Waals surface area contributed by atoms with E-state index in [-0.39, 0.29) is 5.91 Å². The summed E-state index contributed by atoms with van der Waals surface area (Å²) in [5.41, 5.74) is 0.290. The summed E-state index contributed by atoms with van der Waals surface area (Å²) in [5, 5.41) is 14.8. The SMILES string of the molecule is O=C(NCCCn1ccnc1)c1ccc(-n2cccn2)nn1. The molecule has 0 fully saturated rings. The Balaban J connectivity index is 1.49. The molecule has 0 aliphatic heterocycles. The number of aryl methyl sites for hydroxylation is 1. The predicted octanol–water partition coefficient (Wildman–Crippen LogP) is 0.679. The zero-order chi connectivity index (χ0) is 15.2. The Labute approximate surface area is 126 Å². The second-order valence-corrected chi connectivity index (χ2v) is 4.64. The van der Waals surface area contributed by atoms with E-state index in [2.05, 4.69) is 25.6 Å². The average Bonchev–Trinajstić information content (AvgIpc) is 3.25. The van der Waals surface area contributed by atoms with Crippen molar-refractivity contribution in [2.24, 2.45) is 0 Å². The third-order valence-electron chi connectivity index (χ3n) is 3.06. The minimum Gasteiger partial charge on any atom is -0.351 e. The number of nitrogens with one attached hydrogen (secondary N) is 1. The molecule has 0 atom stereocenters. The number of carbonyl (C=O) groups is 1. The molecule has 3 heterocycles. The van der Waals surface area contributed by atoms with Crippen LogP contribution >= 0.6 is 0 Å². The van der Waals surface area contributed by atoms with Gasteiger partial charge >= 0.3 is 0 Å². The molecule has 8 heteroatoms. The van der Waals surface area contributed by atoms with Crippen LogP contribution in [0.3, 0.4) is 0 Å². The molecule has 22 heavy (non-hydrogen) atoms. The molecule has 0 aliphatic carbocycles. The molecule has 112 valence electrons. The number of aromatic nitrogens is 6. The Hall–Kier alpha value is -3.03. The van der Waals surface area contributed by atoms with Crippen molar-refractivity contribution in [2.75, 3.05) is 6.54 Å². The molecule has 1 N–H and O–H groups in total. The lowest BCUT2D eigenvalue weighted by Gasteiger charge is -2.05. The number of carbonyl (C=O) groups excluding carboxylic acids is 1. The first-order valence-electron chi connectivity index (χ1n) is 6.90. The molecule has 3 aromatic heterocycles.